The quantitative estimate of drug-likeness (QED) is 0.736. The number of carbonyl (C=O) groups excluding carboxylic acids is 1. The number of carbonyl (C=O) groups is 1. The number of aromatic nitrogens is 1. The van der Waals surface area contributed by atoms with Crippen LogP contribution < -0.4 is 5.32 Å². The highest BCUT2D eigenvalue weighted by molar-refractivity contribution is 6.33. The molecule has 0 aromatic carbocycles. The van der Waals surface area contributed by atoms with Crippen molar-refractivity contribution in [2.45, 2.75) is 33.1 Å². The summed E-state index contributed by atoms with van der Waals surface area (Å²) in [5.74, 6) is 0.480. The molecule has 1 amide bonds. The first-order valence-corrected chi connectivity index (χ1v) is 7.81. The van der Waals surface area contributed by atoms with Gasteiger partial charge < -0.3 is 15.3 Å². The summed E-state index contributed by atoms with van der Waals surface area (Å²) >= 11 is 6.10. The van der Waals surface area contributed by atoms with Crippen LogP contribution in [-0.4, -0.2) is 47.1 Å². The Balaban J connectivity index is 2.91. The summed E-state index contributed by atoms with van der Waals surface area (Å²) in [5.41, 5.74) is 0.426. The van der Waals surface area contributed by atoms with Crippen LogP contribution in [0.5, 0.6) is 0 Å². The van der Waals surface area contributed by atoms with Gasteiger partial charge in [0.15, 0.2) is 0 Å². The average molecular weight is 314 g/mol. The first-order valence-electron chi connectivity index (χ1n) is 7.43. The number of rotatable bonds is 9. The van der Waals surface area contributed by atoms with Crippen LogP contribution in [0.4, 0.5) is 5.82 Å². The zero-order valence-electron chi connectivity index (χ0n) is 12.7. The van der Waals surface area contributed by atoms with Gasteiger partial charge in [0.25, 0.3) is 5.91 Å². The van der Waals surface area contributed by atoms with Crippen LogP contribution >= 0.6 is 11.6 Å². The van der Waals surface area contributed by atoms with E-state index >= 15 is 0 Å². The largest absolute Gasteiger partial charge is 0.395 e. The molecule has 0 saturated heterocycles. The number of unbranched alkanes of at least 4 members (excludes halogenated alkanes) is 1. The van der Waals surface area contributed by atoms with Crippen molar-refractivity contribution >= 4 is 23.3 Å². The highest BCUT2D eigenvalue weighted by Crippen LogP contribution is 2.20. The Bertz CT molecular complexity index is 455. The first-order chi connectivity index (χ1) is 10.1. The van der Waals surface area contributed by atoms with Crippen molar-refractivity contribution in [3.05, 3.63) is 22.8 Å². The maximum Gasteiger partial charge on any atom is 0.255 e. The third-order valence-electron chi connectivity index (χ3n) is 3.08. The number of halogens is 1. The van der Waals surface area contributed by atoms with E-state index in [2.05, 4.69) is 24.1 Å². The molecule has 5 nitrogen and oxygen atoms in total. The molecule has 1 aromatic heterocycles. The monoisotopic (exact) mass is 313 g/mol. The molecule has 0 saturated carbocycles. The fourth-order valence-corrected chi connectivity index (χ4v) is 2.09. The van der Waals surface area contributed by atoms with Gasteiger partial charge in [-0.3, -0.25) is 4.79 Å². The summed E-state index contributed by atoms with van der Waals surface area (Å²) in [7, 11) is 0. The van der Waals surface area contributed by atoms with Crippen molar-refractivity contribution in [3.63, 3.8) is 0 Å². The summed E-state index contributed by atoms with van der Waals surface area (Å²) in [5, 5.41) is 12.6. The Hall–Kier alpha value is -1.33. The van der Waals surface area contributed by atoms with Crippen LogP contribution in [0, 0.1) is 0 Å². The minimum absolute atomic E-state index is 0.0564. The predicted octanol–water partition coefficient (Wildman–Crippen LogP) is 2.79. The Kier molecular flexibility index (Phi) is 8.08. The van der Waals surface area contributed by atoms with Crippen molar-refractivity contribution < 1.29 is 9.90 Å². The number of aliphatic hydroxyl groups excluding tert-OH is 1. The van der Waals surface area contributed by atoms with Gasteiger partial charge in [0, 0.05) is 25.8 Å². The second kappa shape index (κ2) is 9.58. The molecule has 21 heavy (non-hydrogen) atoms. The molecule has 0 fully saturated rings. The molecule has 6 heteroatoms. The van der Waals surface area contributed by atoms with E-state index in [0.29, 0.717) is 29.5 Å². The molecule has 0 aliphatic carbocycles. The van der Waals surface area contributed by atoms with E-state index in [1.54, 1.807) is 11.0 Å². The van der Waals surface area contributed by atoms with Crippen LogP contribution in [0.3, 0.4) is 0 Å². The number of aliphatic hydroxyl groups is 1. The smallest absolute Gasteiger partial charge is 0.255 e. The Labute approximate surface area is 131 Å². The number of pyridine rings is 1. The van der Waals surface area contributed by atoms with Crippen molar-refractivity contribution in [1.29, 1.82) is 0 Å². The molecule has 0 spiro atoms. The van der Waals surface area contributed by atoms with Crippen molar-refractivity contribution in [2.24, 2.45) is 0 Å². The van der Waals surface area contributed by atoms with Crippen LogP contribution in [0.1, 0.15) is 43.5 Å². The van der Waals surface area contributed by atoms with Gasteiger partial charge in [0.2, 0.25) is 0 Å². The van der Waals surface area contributed by atoms with Gasteiger partial charge in [0.05, 0.1) is 17.2 Å². The normalized spacial score (nSPS) is 10.5. The van der Waals surface area contributed by atoms with E-state index in [-0.39, 0.29) is 12.5 Å². The van der Waals surface area contributed by atoms with E-state index in [4.69, 9.17) is 16.7 Å². The summed E-state index contributed by atoms with van der Waals surface area (Å²) < 4.78 is 0. The molecule has 0 bridgehead atoms. The van der Waals surface area contributed by atoms with Crippen LogP contribution in [0.2, 0.25) is 5.02 Å². The second-order valence-electron chi connectivity index (χ2n) is 4.85. The Morgan fingerprint density at radius 2 is 2.14 bits per heavy atom. The SMILES string of the molecule is CCCCN(CCO)C(=O)c1cc(NCCC)ncc1Cl. The average Bonchev–Trinajstić information content (AvgIpc) is 2.50. The lowest BCUT2D eigenvalue weighted by Gasteiger charge is -2.22. The number of nitrogens with zero attached hydrogens (tertiary/aromatic N) is 2. The first kappa shape index (κ1) is 17.7. The highest BCUT2D eigenvalue weighted by atomic mass is 35.5. The van der Waals surface area contributed by atoms with Crippen molar-refractivity contribution in [3.8, 4) is 0 Å². The molecule has 0 unspecified atom stereocenters. The molecular formula is C15H24ClN3O2. The van der Waals surface area contributed by atoms with E-state index in [1.807, 2.05) is 0 Å². The van der Waals surface area contributed by atoms with Gasteiger partial charge in [0.1, 0.15) is 5.82 Å². The van der Waals surface area contributed by atoms with Gasteiger partial charge in [-0.15, -0.1) is 0 Å². The molecule has 0 atom stereocenters. The molecule has 0 aliphatic heterocycles. The van der Waals surface area contributed by atoms with Gasteiger partial charge >= 0.3 is 0 Å². The summed E-state index contributed by atoms with van der Waals surface area (Å²) in [6, 6.07) is 1.68. The number of hydrogen-bond acceptors (Lipinski definition) is 4. The molecule has 118 valence electrons. The minimum Gasteiger partial charge on any atom is -0.395 e. The van der Waals surface area contributed by atoms with Crippen LogP contribution in [0.15, 0.2) is 12.3 Å². The lowest BCUT2D eigenvalue weighted by atomic mass is 10.2. The summed E-state index contributed by atoms with van der Waals surface area (Å²) in [6.07, 6.45) is 4.35. The van der Waals surface area contributed by atoms with Crippen molar-refractivity contribution in [2.75, 3.05) is 31.6 Å². The van der Waals surface area contributed by atoms with Gasteiger partial charge in [-0.2, -0.15) is 0 Å². The number of amides is 1. The fraction of sp³-hybridized carbons (Fsp3) is 0.600. The van der Waals surface area contributed by atoms with Crippen molar-refractivity contribution in [1.82, 2.24) is 9.88 Å². The topological polar surface area (TPSA) is 65.5 Å². The standard InChI is InChI=1S/C15H24ClN3O2/c1-3-5-7-19(8-9-20)15(21)12-10-14(17-6-4-2)18-11-13(12)16/h10-11,20H,3-9H2,1-2H3,(H,17,18). The summed E-state index contributed by atoms with van der Waals surface area (Å²) in [4.78, 5) is 18.4. The van der Waals surface area contributed by atoms with Crippen LogP contribution in [0.25, 0.3) is 0 Å². The minimum atomic E-state index is -0.163. The molecular weight excluding hydrogens is 290 g/mol. The van der Waals surface area contributed by atoms with Crippen LogP contribution in [-0.2, 0) is 0 Å². The molecule has 2 N–H and O–H groups in total. The highest BCUT2D eigenvalue weighted by Gasteiger charge is 2.18. The summed E-state index contributed by atoms with van der Waals surface area (Å²) in [6.45, 7) is 5.79. The molecule has 0 radical (unpaired) electrons. The van der Waals surface area contributed by atoms with E-state index < -0.39 is 0 Å². The Morgan fingerprint density at radius 1 is 1.38 bits per heavy atom. The van der Waals surface area contributed by atoms with E-state index in [0.717, 1.165) is 25.8 Å². The van der Waals surface area contributed by atoms with Gasteiger partial charge in [-0.05, 0) is 18.9 Å². The Morgan fingerprint density at radius 3 is 2.76 bits per heavy atom. The molecule has 1 rings (SSSR count). The van der Waals surface area contributed by atoms with E-state index in [9.17, 15) is 4.79 Å². The lowest BCUT2D eigenvalue weighted by Crippen LogP contribution is -2.34. The number of nitrogens with one attached hydrogen (secondary N) is 1. The van der Waals surface area contributed by atoms with Gasteiger partial charge in [-0.25, -0.2) is 4.98 Å². The fourth-order valence-electron chi connectivity index (χ4n) is 1.91. The maximum absolute atomic E-state index is 12.6. The molecule has 1 aromatic rings. The number of hydrogen-bond donors (Lipinski definition) is 2. The molecule has 0 aliphatic rings. The maximum atomic E-state index is 12.6. The van der Waals surface area contributed by atoms with E-state index in [1.165, 1.54) is 6.20 Å². The predicted molar refractivity (Wildman–Crippen MR) is 85.9 cm³/mol. The lowest BCUT2D eigenvalue weighted by molar-refractivity contribution is 0.0719. The third-order valence-corrected chi connectivity index (χ3v) is 3.38. The third kappa shape index (κ3) is 5.52. The zero-order valence-corrected chi connectivity index (χ0v) is 13.5. The second-order valence-corrected chi connectivity index (χ2v) is 5.25. The zero-order chi connectivity index (χ0) is 15.7. The molecule has 1 heterocycles. The number of anilines is 1. The van der Waals surface area contributed by atoms with Gasteiger partial charge in [-0.1, -0.05) is 31.9 Å².